The summed E-state index contributed by atoms with van der Waals surface area (Å²) in [5.41, 5.74) is 1.77. The first-order valence-electron chi connectivity index (χ1n) is 25.3. The summed E-state index contributed by atoms with van der Waals surface area (Å²) < 4.78 is 29.6. The van der Waals surface area contributed by atoms with E-state index in [2.05, 4.69) is 48.6 Å². The fourth-order valence-corrected chi connectivity index (χ4v) is 10.8. The lowest BCUT2D eigenvalue weighted by Gasteiger charge is -2.46. The van der Waals surface area contributed by atoms with E-state index in [1.165, 1.54) is 6.92 Å². The molecule has 1 aliphatic rings. The fourth-order valence-electron chi connectivity index (χ4n) is 10.8. The molecular weight excluding hydrogens is 961 g/mol. The summed E-state index contributed by atoms with van der Waals surface area (Å²) in [6.07, 6.45) is -0.825. The van der Waals surface area contributed by atoms with Crippen molar-refractivity contribution in [2.45, 2.75) is 59.9 Å². The summed E-state index contributed by atoms with van der Waals surface area (Å²) in [5.74, 6) is 0.479. The summed E-state index contributed by atoms with van der Waals surface area (Å²) in [6.45, 7) is 13.8. The summed E-state index contributed by atoms with van der Waals surface area (Å²) in [4.78, 5) is 66.5. The largest absolute Gasteiger partial charge is 0.460 e. The molecule has 14 nitrogen and oxygen atoms in total. The monoisotopic (exact) mass is 1020 g/mol. The van der Waals surface area contributed by atoms with Crippen LogP contribution < -0.4 is 40.2 Å². The zero-order valence-electron chi connectivity index (χ0n) is 43.2. The quantitative estimate of drug-likeness (QED) is 0.0465. The van der Waals surface area contributed by atoms with Crippen molar-refractivity contribution in [2.75, 3.05) is 26.2 Å². The zero-order valence-corrected chi connectivity index (χ0v) is 43.2. The van der Waals surface area contributed by atoms with Crippen LogP contribution in [0.3, 0.4) is 0 Å². The number of ether oxygens (including phenoxy) is 5. The van der Waals surface area contributed by atoms with E-state index in [4.69, 9.17) is 23.7 Å². The molecule has 0 aliphatic heterocycles. The third-order valence-electron chi connectivity index (χ3n) is 13.6. The van der Waals surface area contributed by atoms with Gasteiger partial charge in [0.25, 0.3) is 0 Å². The molecule has 4 amide bonds. The molecule has 2 unspecified atom stereocenters. The van der Waals surface area contributed by atoms with Crippen molar-refractivity contribution in [2.24, 2.45) is 10.8 Å². The van der Waals surface area contributed by atoms with Crippen LogP contribution in [0.4, 0.5) is 19.2 Å². The summed E-state index contributed by atoms with van der Waals surface area (Å²) in [7, 11) is 0. The molecule has 388 valence electrons. The van der Waals surface area contributed by atoms with Crippen molar-refractivity contribution in [1.82, 2.24) is 21.3 Å². The van der Waals surface area contributed by atoms with Gasteiger partial charge in [0, 0.05) is 47.0 Å². The second kappa shape index (κ2) is 22.3. The second-order valence-corrected chi connectivity index (χ2v) is 20.3. The summed E-state index contributed by atoms with van der Waals surface area (Å²) in [6, 6.07) is 45.0. The first-order valence-corrected chi connectivity index (χ1v) is 25.3. The Bertz CT molecular complexity index is 3570. The van der Waals surface area contributed by atoms with Crippen LogP contribution in [-0.4, -0.2) is 62.6 Å². The van der Waals surface area contributed by atoms with Gasteiger partial charge in [-0.15, -0.1) is 0 Å². The Morgan fingerprint density at radius 3 is 1.30 bits per heavy atom. The molecule has 14 heteroatoms. The Morgan fingerprint density at radius 2 is 0.895 bits per heavy atom. The molecule has 0 aromatic heterocycles. The summed E-state index contributed by atoms with van der Waals surface area (Å²) in [5, 5.41) is 18.2. The lowest BCUT2D eigenvalue weighted by atomic mass is 9.62. The molecule has 8 aromatic carbocycles. The van der Waals surface area contributed by atoms with Gasteiger partial charge < -0.3 is 45.0 Å². The predicted octanol–water partition coefficient (Wildman–Crippen LogP) is 13.4. The first-order chi connectivity index (χ1) is 36.6. The minimum Gasteiger partial charge on any atom is -0.460 e. The molecule has 2 atom stereocenters. The lowest BCUT2D eigenvalue weighted by molar-refractivity contribution is -0.138. The Balaban J connectivity index is 0.947. The normalized spacial score (nSPS) is 15.8. The van der Waals surface area contributed by atoms with Gasteiger partial charge in [0.1, 0.15) is 29.6 Å². The number of nitrogens with one attached hydrogen (secondary N) is 4. The molecule has 0 heterocycles. The standard InChI is InChI=1S/C62H60N4O10/c1-7-63-57(68)73-48-28-24-39-16-8-12-20-44(39)52(48)55-47-23-15-11-19-42(47)27-31-51(55)76-60(71)66-43-34-61(4,5)36-62(6,35-43)37-65-59(70)75-50-30-26-41-18-10-14-22-46(41)54(50)53-45-21-13-9-17-40(45)25-29-49(53)74-58(69)64-32-33-72-56(67)38(2)3/h8-31,43H,2,7,32-37H2,1,3-6H3,(H,63,68)(H,64,69)(H,65,70)(H,66,71). The number of amides is 4. The highest BCUT2D eigenvalue weighted by Gasteiger charge is 2.42. The average molecular weight is 1020 g/mol. The number of fused-ring (bicyclic) bond motifs is 4. The van der Waals surface area contributed by atoms with Crippen LogP contribution >= 0.6 is 0 Å². The lowest BCUT2D eigenvalue weighted by Crippen LogP contribution is -2.51. The van der Waals surface area contributed by atoms with Crippen molar-refractivity contribution in [1.29, 1.82) is 0 Å². The van der Waals surface area contributed by atoms with Crippen LogP contribution in [0.1, 0.15) is 53.9 Å². The summed E-state index contributed by atoms with van der Waals surface area (Å²) >= 11 is 0. The number of carbonyl (C=O) groups excluding carboxylic acids is 5. The number of esters is 1. The van der Waals surface area contributed by atoms with Gasteiger partial charge in [-0.3, -0.25) is 0 Å². The van der Waals surface area contributed by atoms with Crippen molar-refractivity contribution in [3.63, 3.8) is 0 Å². The maximum absolute atomic E-state index is 14.2. The van der Waals surface area contributed by atoms with E-state index in [0.717, 1.165) is 49.5 Å². The van der Waals surface area contributed by atoms with Crippen molar-refractivity contribution in [3.05, 3.63) is 158 Å². The van der Waals surface area contributed by atoms with Gasteiger partial charge in [0.2, 0.25) is 0 Å². The van der Waals surface area contributed by atoms with Gasteiger partial charge in [-0.1, -0.05) is 149 Å². The zero-order chi connectivity index (χ0) is 53.6. The smallest absolute Gasteiger partial charge is 0.412 e. The molecule has 1 fully saturated rings. The molecule has 0 saturated heterocycles. The molecule has 1 aliphatic carbocycles. The number of benzene rings is 8. The van der Waals surface area contributed by atoms with Crippen molar-refractivity contribution in [3.8, 4) is 45.3 Å². The Hall–Kier alpha value is -8.91. The predicted molar refractivity (Wildman–Crippen MR) is 296 cm³/mol. The molecular formula is C62H60N4O10. The number of hydrogen-bond donors (Lipinski definition) is 4. The first kappa shape index (κ1) is 52.0. The molecule has 9 rings (SSSR count). The Labute approximate surface area is 440 Å². The van der Waals surface area contributed by atoms with Gasteiger partial charge >= 0.3 is 30.3 Å². The molecule has 76 heavy (non-hydrogen) atoms. The van der Waals surface area contributed by atoms with Crippen LogP contribution in [0.25, 0.3) is 65.3 Å². The third kappa shape index (κ3) is 11.7. The van der Waals surface area contributed by atoms with E-state index < -0.39 is 35.8 Å². The van der Waals surface area contributed by atoms with Gasteiger partial charge in [-0.05, 0) is 111 Å². The van der Waals surface area contributed by atoms with E-state index in [1.807, 2.05) is 128 Å². The van der Waals surface area contributed by atoms with Gasteiger partial charge in [-0.25, -0.2) is 24.0 Å². The minimum atomic E-state index is -0.772. The minimum absolute atomic E-state index is 0.00127. The van der Waals surface area contributed by atoms with Gasteiger partial charge in [0.15, 0.2) is 0 Å². The van der Waals surface area contributed by atoms with Crippen LogP contribution in [0.5, 0.6) is 23.0 Å². The number of carbonyl (C=O) groups is 5. The molecule has 8 aromatic rings. The average Bonchev–Trinajstić information content (AvgIpc) is 3.46. The van der Waals surface area contributed by atoms with E-state index in [1.54, 1.807) is 24.3 Å². The van der Waals surface area contributed by atoms with Crippen molar-refractivity contribution >= 4 is 73.4 Å². The van der Waals surface area contributed by atoms with E-state index >= 15 is 0 Å². The van der Waals surface area contributed by atoms with E-state index in [-0.39, 0.29) is 54.0 Å². The maximum atomic E-state index is 14.2. The van der Waals surface area contributed by atoms with Crippen LogP contribution in [0.2, 0.25) is 0 Å². The van der Waals surface area contributed by atoms with E-state index in [9.17, 15) is 24.0 Å². The molecule has 0 spiro atoms. The second-order valence-electron chi connectivity index (χ2n) is 20.3. The molecule has 0 radical (unpaired) electrons. The SMILES string of the molecule is C=C(C)C(=O)OCCNC(=O)Oc1ccc2ccccc2c1-c1c(OC(=O)NCC2(C)CC(NC(=O)Oc3ccc4ccccc4c3-c3c(OC(=O)NCC)ccc4ccccc34)CC(C)(C)C2)ccc2ccccc12. The molecule has 1 saturated carbocycles. The Kier molecular flexibility index (Phi) is 15.2. The highest BCUT2D eigenvalue weighted by atomic mass is 16.6. The van der Waals surface area contributed by atoms with Crippen LogP contribution in [-0.2, 0) is 9.53 Å². The number of rotatable bonds is 14. The highest BCUT2D eigenvalue weighted by molar-refractivity contribution is 6.12. The van der Waals surface area contributed by atoms with Crippen molar-refractivity contribution < 1.29 is 47.7 Å². The van der Waals surface area contributed by atoms with Gasteiger partial charge in [0.05, 0.1) is 6.54 Å². The van der Waals surface area contributed by atoms with Gasteiger partial charge in [-0.2, -0.15) is 0 Å². The van der Waals surface area contributed by atoms with Crippen LogP contribution in [0, 0.1) is 10.8 Å². The Morgan fingerprint density at radius 1 is 0.513 bits per heavy atom. The topological polar surface area (TPSA) is 180 Å². The fraction of sp³-hybridized carbons (Fsp3) is 0.242. The third-order valence-corrected chi connectivity index (χ3v) is 13.6. The molecule has 4 N–H and O–H groups in total. The maximum Gasteiger partial charge on any atom is 0.412 e. The van der Waals surface area contributed by atoms with Crippen LogP contribution in [0.15, 0.2) is 158 Å². The molecule has 0 bridgehead atoms. The van der Waals surface area contributed by atoms with E-state index in [0.29, 0.717) is 47.4 Å². The number of hydrogen-bond acceptors (Lipinski definition) is 10. The highest BCUT2D eigenvalue weighted by Crippen LogP contribution is 2.49.